The second kappa shape index (κ2) is 10.5. The molecule has 0 saturated heterocycles. The fourth-order valence-electron chi connectivity index (χ4n) is 3.34. The van der Waals surface area contributed by atoms with E-state index in [9.17, 15) is 9.59 Å². The lowest BCUT2D eigenvalue weighted by molar-refractivity contribution is -0.129. The number of H-pyrrole nitrogens is 1. The number of nitrogens with two attached hydrogens (primary N) is 1. The highest BCUT2D eigenvalue weighted by Gasteiger charge is 2.20. The third-order valence-electron chi connectivity index (χ3n) is 5.00. The number of nitrogens with one attached hydrogen (secondary N) is 3. The molecule has 0 fully saturated rings. The number of carbonyl (C=O) groups excluding carboxylic acids is 2. The number of carbonyl (C=O) groups is 2. The average molecular weight is 409 g/mol. The van der Waals surface area contributed by atoms with E-state index >= 15 is 0 Å². The highest BCUT2D eigenvalue weighted by Crippen LogP contribution is 2.18. The largest absolute Gasteiger partial charge is 0.497 e. The molecule has 3 aromatic rings. The minimum atomic E-state index is -0.621. The van der Waals surface area contributed by atoms with Crippen molar-refractivity contribution in [3.8, 4) is 5.75 Å². The lowest BCUT2D eigenvalue weighted by Crippen LogP contribution is -2.47. The molecule has 5 N–H and O–H groups in total. The van der Waals surface area contributed by atoms with Crippen LogP contribution in [-0.2, 0) is 22.6 Å². The van der Waals surface area contributed by atoms with Crippen LogP contribution in [0.1, 0.15) is 24.0 Å². The second-order valence-corrected chi connectivity index (χ2v) is 7.15. The number of ether oxygens (including phenoxy) is 1. The maximum atomic E-state index is 12.7. The minimum Gasteiger partial charge on any atom is -0.497 e. The molecule has 0 spiro atoms. The Morgan fingerprint density at radius 1 is 1.13 bits per heavy atom. The molecular formula is C23H28N4O3. The predicted molar refractivity (Wildman–Crippen MR) is 117 cm³/mol. The molecule has 30 heavy (non-hydrogen) atoms. The zero-order valence-corrected chi connectivity index (χ0v) is 17.1. The third-order valence-corrected chi connectivity index (χ3v) is 5.00. The molecule has 0 aliphatic rings. The molecule has 7 nitrogen and oxygen atoms in total. The first-order valence-electron chi connectivity index (χ1n) is 10.1. The Labute approximate surface area is 176 Å². The number of para-hydroxylation sites is 1. The summed E-state index contributed by atoms with van der Waals surface area (Å²) in [7, 11) is 1.61. The molecule has 0 aliphatic heterocycles. The smallest absolute Gasteiger partial charge is 0.242 e. The number of aromatic amines is 1. The Balaban J connectivity index is 1.59. The monoisotopic (exact) mass is 408 g/mol. The molecule has 0 unspecified atom stereocenters. The summed E-state index contributed by atoms with van der Waals surface area (Å²) in [5.74, 6) is 0.350. The van der Waals surface area contributed by atoms with Crippen LogP contribution in [0.25, 0.3) is 10.9 Å². The van der Waals surface area contributed by atoms with Crippen LogP contribution >= 0.6 is 0 Å². The summed E-state index contributed by atoms with van der Waals surface area (Å²) in [4.78, 5) is 28.5. The van der Waals surface area contributed by atoms with Gasteiger partial charge in [0.1, 0.15) is 11.8 Å². The van der Waals surface area contributed by atoms with Gasteiger partial charge in [-0.25, -0.2) is 0 Å². The lowest BCUT2D eigenvalue weighted by atomic mass is 10.1. The highest BCUT2D eigenvalue weighted by atomic mass is 16.5. The van der Waals surface area contributed by atoms with Crippen LogP contribution < -0.4 is 21.1 Å². The molecule has 2 amide bonds. The Morgan fingerprint density at radius 2 is 1.90 bits per heavy atom. The first kappa shape index (κ1) is 21.4. The maximum Gasteiger partial charge on any atom is 0.242 e. The second-order valence-electron chi connectivity index (χ2n) is 7.15. The molecule has 3 rings (SSSR count). The van der Waals surface area contributed by atoms with Crippen LogP contribution in [0.15, 0.2) is 54.7 Å². The van der Waals surface area contributed by atoms with Gasteiger partial charge >= 0.3 is 0 Å². The van der Waals surface area contributed by atoms with Crippen molar-refractivity contribution in [1.29, 1.82) is 0 Å². The zero-order chi connectivity index (χ0) is 21.3. The van der Waals surface area contributed by atoms with Crippen LogP contribution in [0.5, 0.6) is 5.75 Å². The quantitative estimate of drug-likeness (QED) is 0.412. The molecule has 0 radical (unpaired) electrons. The first-order valence-corrected chi connectivity index (χ1v) is 10.1. The molecule has 1 atom stereocenters. The molecule has 1 heterocycles. The van der Waals surface area contributed by atoms with E-state index in [0.717, 1.165) is 27.8 Å². The Bertz CT molecular complexity index is 982. The molecule has 158 valence electrons. The van der Waals surface area contributed by atoms with E-state index in [-0.39, 0.29) is 18.2 Å². The number of hydrogen-bond donors (Lipinski definition) is 4. The number of rotatable bonds is 10. The number of amides is 2. The topological polar surface area (TPSA) is 109 Å². The molecule has 0 bridgehead atoms. The Morgan fingerprint density at radius 3 is 2.63 bits per heavy atom. The van der Waals surface area contributed by atoms with Gasteiger partial charge in [-0.3, -0.25) is 9.59 Å². The van der Waals surface area contributed by atoms with E-state index in [2.05, 4.69) is 15.6 Å². The number of benzene rings is 2. The summed E-state index contributed by atoms with van der Waals surface area (Å²) in [6.07, 6.45) is 3.18. The Kier molecular flexibility index (Phi) is 7.45. The van der Waals surface area contributed by atoms with Crippen LogP contribution in [0.4, 0.5) is 0 Å². The Hall–Kier alpha value is -3.32. The van der Waals surface area contributed by atoms with Crippen LogP contribution in [0, 0.1) is 0 Å². The number of fused-ring (bicyclic) bond motifs is 1. The van der Waals surface area contributed by atoms with Crippen molar-refractivity contribution < 1.29 is 14.3 Å². The molecule has 0 saturated carbocycles. The van der Waals surface area contributed by atoms with Gasteiger partial charge in [0.25, 0.3) is 0 Å². The number of aromatic nitrogens is 1. The zero-order valence-electron chi connectivity index (χ0n) is 17.1. The maximum absolute atomic E-state index is 12.7. The van der Waals surface area contributed by atoms with Crippen molar-refractivity contribution in [1.82, 2.24) is 15.6 Å². The van der Waals surface area contributed by atoms with Crippen molar-refractivity contribution in [2.75, 3.05) is 13.7 Å². The third kappa shape index (κ3) is 5.61. The van der Waals surface area contributed by atoms with Crippen LogP contribution in [0.2, 0.25) is 0 Å². The van der Waals surface area contributed by atoms with E-state index in [1.165, 1.54) is 0 Å². The van der Waals surface area contributed by atoms with Crippen molar-refractivity contribution in [2.24, 2.45) is 5.73 Å². The van der Waals surface area contributed by atoms with E-state index in [1.807, 2.05) is 54.7 Å². The highest BCUT2D eigenvalue weighted by molar-refractivity contribution is 5.91. The van der Waals surface area contributed by atoms with Crippen molar-refractivity contribution in [3.63, 3.8) is 0 Å². The van der Waals surface area contributed by atoms with E-state index in [4.69, 9.17) is 10.5 Å². The molecule has 7 heteroatoms. The first-order chi connectivity index (χ1) is 14.6. The van der Waals surface area contributed by atoms with Gasteiger partial charge in [0, 0.05) is 23.6 Å². The number of methoxy groups -OCH3 is 1. The molecule has 1 aromatic heterocycles. The van der Waals surface area contributed by atoms with Gasteiger partial charge in [-0.1, -0.05) is 30.3 Å². The summed E-state index contributed by atoms with van der Waals surface area (Å²) in [6, 6.07) is 14.7. The fourth-order valence-corrected chi connectivity index (χ4v) is 3.34. The molecular weight excluding hydrogens is 380 g/mol. The number of hydrogen-bond acceptors (Lipinski definition) is 4. The van der Waals surface area contributed by atoms with Gasteiger partial charge in [0.2, 0.25) is 11.8 Å². The molecule has 2 aromatic carbocycles. The van der Waals surface area contributed by atoms with Crippen molar-refractivity contribution in [2.45, 2.75) is 31.8 Å². The van der Waals surface area contributed by atoms with Gasteiger partial charge in [-0.15, -0.1) is 0 Å². The summed E-state index contributed by atoms with van der Waals surface area (Å²) in [5, 5.41) is 6.78. The summed E-state index contributed by atoms with van der Waals surface area (Å²) < 4.78 is 5.14. The minimum absolute atomic E-state index is 0.193. The summed E-state index contributed by atoms with van der Waals surface area (Å²) in [5.41, 5.74) is 8.45. The summed E-state index contributed by atoms with van der Waals surface area (Å²) in [6.45, 7) is 0.834. The lowest BCUT2D eigenvalue weighted by Gasteiger charge is -2.18. The summed E-state index contributed by atoms with van der Waals surface area (Å²) >= 11 is 0. The standard InChI is InChI=1S/C23H28N4O3/c1-30-18-10-8-16(9-11-18)14-26-23(29)21(7-4-12-24)27-22(28)13-17-15-25-20-6-3-2-5-19(17)20/h2-3,5-6,8-11,15,21,25H,4,7,12-14,24H2,1H3,(H,26,29)(H,27,28)/t21-/m1/s1. The SMILES string of the molecule is COc1ccc(CNC(=O)[C@@H](CCCN)NC(=O)Cc2c[nH]c3ccccc23)cc1. The van der Waals surface area contributed by atoms with E-state index in [1.54, 1.807) is 7.11 Å². The van der Waals surface area contributed by atoms with Gasteiger partial charge in [-0.2, -0.15) is 0 Å². The van der Waals surface area contributed by atoms with Gasteiger partial charge in [0.15, 0.2) is 0 Å². The van der Waals surface area contributed by atoms with Crippen LogP contribution in [-0.4, -0.2) is 36.5 Å². The van der Waals surface area contributed by atoms with Gasteiger partial charge in [-0.05, 0) is 48.7 Å². The average Bonchev–Trinajstić information content (AvgIpc) is 3.18. The van der Waals surface area contributed by atoms with Gasteiger partial charge < -0.3 is 26.1 Å². The van der Waals surface area contributed by atoms with Gasteiger partial charge in [0.05, 0.1) is 13.5 Å². The van der Waals surface area contributed by atoms with E-state index < -0.39 is 6.04 Å². The normalized spacial score (nSPS) is 11.8. The molecule has 0 aliphatic carbocycles. The predicted octanol–water partition coefficient (Wildman–Crippen LogP) is 2.26. The van der Waals surface area contributed by atoms with Crippen LogP contribution in [0.3, 0.4) is 0 Å². The fraction of sp³-hybridized carbons (Fsp3) is 0.304. The van der Waals surface area contributed by atoms with Crippen molar-refractivity contribution in [3.05, 3.63) is 65.9 Å². The van der Waals surface area contributed by atoms with Crippen molar-refractivity contribution >= 4 is 22.7 Å². The van der Waals surface area contributed by atoms with E-state index in [0.29, 0.717) is 25.9 Å².